The Hall–Kier alpha value is -1.06. The zero-order valence-corrected chi connectivity index (χ0v) is 11.0. The largest absolute Gasteiger partial charge is 0.393 e. The van der Waals surface area contributed by atoms with E-state index >= 15 is 0 Å². The van der Waals surface area contributed by atoms with E-state index in [2.05, 4.69) is 5.32 Å². The maximum absolute atomic E-state index is 11.9. The summed E-state index contributed by atoms with van der Waals surface area (Å²) in [6.07, 6.45) is 3.79. The summed E-state index contributed by atoms with van der Waals surface area (Å²) in [6, 6.07) is 6.81. The van der Waals surface area contributed by atoms with Crippen molar-refractivity contribution in [2.45, 2.75) is 31.8 Å². The van der Waals surface area contributed by atoms with Crippen molar-refractivity contribution in [1.82, 2.24) is 5.32 Å². The number of carbonyl (C=O) groups is 1. The predicted molar refractivity (Wildman–Crippen MR) is 71.8 cm³/mol. The standard InChI is InChI=1S/C14H18ClNO2/c15-12-7-5-10(6-8-12)14(18)16-9-11-3-1-2-4-13(11)17/h5-8,11,13,17H,1-4,9H2,(H,16,18). The van der Waals surface area contributed by atoms with E-state index in [0.29, 0.717) is 17.1 Å². The van der Waals surface area contributed by atoms with Crippen molar-refractivity contribution in [3.63, 3.8) is 0 Å². The molecule has 1 saturated carbocycles. The highest BCUT2D eigenvalue weighted by Crippen LogP contribution is 2.23. The van der Waals surface area contributed by atoms with Gasteiger partial charge in [0, 0.05) is 23.0 Å². The lowest BCUT2D eigenvalue weighted by molar-refractivity contribution is 0.0663. The molecule has 2 atom stereocenters. The van der Waals surface area contributed by atoms with E-state index in [-0.39, 0.29) is 17.9 Å². The molecule has 2 N–H and O–H groups in total. The van der Waals surface area contributed by atoms with Crippen LogP contribution < -0.4 is 5.32 Å². The van der Waals surface area contributed by atoms with Crippen molar-refractivity contribution in [1.29, 1.82) is 0 Å². The molecular weight excluding hydrogens is 250 g/mol. The van der Waals surface area contributed by atoms with E-state index in [4.69, 9.17) is 11.6 Å². The molecule has 0 heterocycles. The molecule has 1 aromatic rings. The van der Waals surface area contributed by atoms with Crippen LogP contribution in [0.1, 0.15) is 36.0 Å². The molecule has 18 heavy (non-hydrogen) atoms. The molecule has 0 saturated heterocycles. The summed E-state index contributed by atoms with van der Waals surface area (Å²) in [7, 11) is 0. The number of rotatable bonds is 3. The van der Waals surface area contributed by atoms with Gasteiger partial charge in [-0.2, -0.15) is 0 Å². The van der Waals surface area contributed by atoms with Crippen molar-refractivity contribution in [2.24, 2.45) is 5.92 Å². The van der Waals surface area contributed by atoms with E-state index < -0.39 is 0 Å². The van der Waals surface area contributed by atoms with Gasteiger partial charge in [0.1, 0.15) is 0 Å². The van der Waals surface area contributed by atoms with Gasteiger partial charge in [-0.05, 0) is 37.1 Å². The van der Waals surface area contributed by atoms with Crippen LogP contribution in [0.3, 0.4) is 0 Å². The normalized spacial score (nSPS) is 23.7. The number of nitrogens with one attached hydrogen (secondary N) is 1. The average molecular weight is 268 g/mol. The number of benzene rings is 1. The average Bonchev–Trinajstić information content (AvgIpc) is 2.38. The third-order valence-electron chi connectivity index (χ3n) is 3.50. The monoisotopic (exact) mass is 267 g/mol. The summed E-state index contributed by atoms with van der Waals surface area (Å²) in [6.45, 7) is 0.544. The lowest BCUT2D eigenvalue weighted by Crippen LogP contribution is -2.36. The van der Waals surface area contributed by atoms with E-state index in [0.717, 1.165) is 25.7 Å². The first-order chi connectivity index (χ1) is 8.66. The van der Waals surface area contributed by atoms with Crippen molar-refractivity contribution in [3.8, 4) is 0 Å². The first-order valence-electron chi connectivity index (χ1n) is 6.38. The lowest BCUT2D eigenvalue weighted by Gasteiger charge is -2.27. The minimum atomic E-state index is -0.274. The zero-order chi connectivity index (χ0) is 13.0. The highest BCUT2D eigenvalue weighted by atomic mass is 35.5. The fraction of sp³-hybridized carbons (Fsp3) is 0.500. The Morgan fingerprint density at radius 3 is 2.61 bits per heavy atom. The molecule has 0 bridgehead atoms. The summed E-state index contributed by atoms with van der Waals surface area (Å²) < 4.78 is 0. The van der Waals surface area contributed by atoms with Crippen LogP contribution in [-0.2, 0) is 0 Å². The molecule has 1 aliphatic rings. The number of aliphatic hydroxyl groups is 1. The van der Waals surface area contributed by atoms with Gasteiger partial charge in [-0.1, -0.05) is 24.4 Å². The van der Waals surface area contributed by atoms with Gasteiger partial charge in [0.15, 0.2) is 0 Å². The molecule has 0 spiro atoms. The predicted octanol–water partition coefficient (Wildman–Crippen LogP) is 2.62. The summed E-state index contributed by atoms with van der Waals surface area (Å²) in [4.78, 5) is 11.9. The second kappa shape index (κ2) is 6.21. The second-order valence-electron chi connectivity index (χ2n) is 4.83. The molecule has 0 radical (unpaired) electrons. The molecule has 3 nitrogen and oxygen atoms in total. The fourth-order valence-electron chi connectivity index (χ4n) is 2.35. The zero-order valence-electron chi connectivity index (χ0n) is 10.2. The number of amides is 1. The number of hydrogen-bond acceptors (Lipinski definition) is 2. The number of aliphatic hydroxyl groups excluding tert-OH is 1. The van der Waals surface area contributed by atoms with E-state index in [1.807, 2.05) is 0 Å². The maximum atomic E-state index is 11.9. The van der Waals surface area contributed by atoms with Crippen LogP contribution in [0.25, 0.3) is 0 Å². The number of carbonyl (C=O) groups excluding carboxylic acids is 1. The molecule has 1 amide bonds. The van der Waals surface area contributed by atoms with Crippen molar-refractivity contribution < 1.29 is 9.90 Å². The third-order valence-corrected chi connectivity index (χ3v) is 3.75. The SMILES string of the molecule is O=C(NCC1CCCCC1O)c1ccc(Cl)cc1. The van der Waals surface area contributed by atoms with Crippen molar-refractivity contribution in [2.75, 3.05) is 6.54 Å². The van der Waals surface area contributed by atoms with Crippen LogP contribution in [-0.4, -0.2) is 23.7 Å². The third kappa shape index (κ3) is 3.47. The summed E-state index contributed by atoms with van der Waals surface area (Å²) in [5, 5.41) is 13.3. The first-order valence-corrected chi connectivity index (χ1v) is 6.76. The molecule has 4 heteroatoms. The Balaban J connectivity index is 1.86. The highest BCUT2D eigenvalue weighted by molar-refractivity contribution is 6.30. The highest BCUT2D eigenvalue weighted by Gasteiger charge is 2.23. The van der Waals surface area contributed by atoms with Gasteiger partial charge in [0.05, 0.1) is 6.10 Å². The maximum Gasteiger partial charge on any atom is 0.251 e. The molecule has 0 aromatic heterocycles. The number of halogens is 1. The van der Waals surface area contributed by atoms with Gasteiger partial charge < -0.3 is 10.4 Å². The molecule has 1 aromatic carbocycles. The molecule has 1 aliphatic carbocycles. The van der Waals surface area contributed by atoms with Crippen molar-refractivity contribution in [3.05, 3.63) is 34.9 Å². The Kier molecular flexibility index (Phi) is 4.61. The topological polar surface area (TPSA) is 49.3 Å². The number of hydrogen-bond donors (Lipinski definition) is 2. The van der Waals surface area contributed by atoms with E-state index in [1.165, 1.54) is 0 Å². The summed E-state index contributed by atoms with van der Waals surface area (Å²) in [5.41, 5.74) is 0.602. The van der Waals surface area contributed by atoms with E-state index in [9.17, 15) is 9.90 Å². The second-order valence-corrected chi connectivity index (χ2v) is 5.27. The lowest BCUT2D eigenvalue weighted by atomic mass is 9.86. The Morgan fingerprint density at radius 2 is 1.94 bits per heavy atom. The quantitative estimate of drug-likeness (QED) is 0.885. The van der Waals surface area contributed by atoms with Gasteiger partial charge in [-0.15, -0.1) is 0 Å². The van der Waals surface area contributed by atoms with Crippen LogP contribution in [0.4, 0.5) is 0 Å². The van der Waals surface area contributed by atoms with Crippen molar-refractivity contribution >= 4 is 17.5 Å². The minimum Gasteiger partial charge on any atom is -0.393 e. The van der Waals surface area contributed by atoms with Gasteiger partial charge in [0.25, 0.3) is 5.91 Å². The van der Waals surface area contributed by atoms with Crippen LogP contribution in [0, 0.1) is 5.92 Å². The van der Waals surface area contributed by atoms with Crippen LogP contribution in [0.2, 0.25) is 5.02 Å². The molecule has 2 unspecified atom stereocenters. The van der Waals surface area contributed by atoms with Crippen LogP contribution in [0.15, 0.2) is 24.3 Å². The Morgan fingerprint density at radius 1 is 1.28 bits per heavy atom. The van der Waals surface area contributed by atoms with Gasteiger partial charge >= 0.3 is 0 Å². The molecule has 1 fully saturated rings. The van der Waals surface area contributed by atoms with Crippen LogP contribution in [0.5, 0.6) is 0 Å². The molecule has 98 valence electrons. The fourth-order valence-corrected chi connectivity index (χ4v) is 2.48. The molecule has 0 aliphatic heterocycles. The first kappa shape index (κ1) is 13.4. The van der Waals surface area contributed by atoms with Gasteiger partial charge in [0.2, 0.25) is 0 Å². The van der Waals surface area contributed by atoms with E-state index in [1.54, 1.807) is 24.3 Å². The van der Waals surface area contributed by atoms with Gasteiger partial charge in [-0.3, -0.25) is 4.79 Å². The summed E-state index contributed by atoms with van der Waals surface area (Å²) in [5.74, 6) is 0.0828. The van der Waals surface area contributed by atoms with Crippen LogP contribution >= 0.6 is 11.6 Å². The Bertz CT molecular complexity index is 405. The smallest absolute Gasteiger partial charge is 0.251 e. The Labute approximate surface area is 112 Å². The minimum absolute atomic E-state index is 0.107. The summed E-state index contributed by atoms with van der Waals surface area (Å²) >= 11 is 5.77. The molecule has 2 rings (SSSR count). The van der Waals surface area contributed by atoms with Gasteiger partial charge in [-0.25, -0.2) is 0 Å². The molecular formula is C14H18ClNO2.